The third-order valence-electron chi connectivity index (χ3n) is 2.37. The largest absolute Gasteiger partial charge is 0.598 e. The minimum atomic E-state index is -2.71. The molecule has 2 unspecified atom stereocenters. The van der Waals surface area contributed by atoms with Gasteiger partial charge in [-0.2, -0.15) is 0 Å². The smallest absolute Gasteiger partial charge is 0.253 e. The molecule has 0 aromatic carbocycles. The van der Waals surface area contributed by atoms with Crippen molar-refractivity contribution >= 4 is 11.4 Å². The predicted molar refractivity (Wildman–Crippen MR) is 55.0 cm³/mol. The highest BCUT2D eigenvalue weighted by Crippen LogP contribution is 2.50. The van der Waals surface area contributed by atoms with Crippen molar-refractivity contribution in [2.75, 3.05) is 6.61 Å². The van der Waals surface area contributed by atoms with Gasteiger partial charge < -0.3 is 9.66 Å². The van der Waals surface area contributed by atoms with Gasteiger partial charge in [0.15, 0.2) is 0 Å². The fourth-order valence-corrected chi connectivity index (χ4v) is 2.10. The first kappa shape index (κ1) is 13.2. The fourth-order valence-electron chi connectivity index (χ4n) is 1.23. The zero-order valence-corrected chi connectivity index (χ0v) is 9.91. The van der Waals surface area contributed by atoms with E-state index in [0.717, 1.165) is 0 Å². The Labute approximate surface area is 91.6 Å². The molecule has 1 aliphatic carbocycles. The van der Waals surface area contributed by atoms with E-state index in [0.29, 0.717) is 0 Å². The number of rotatable bonds is 4. The van der Waals surface area contributed by atoms with Crippen LogP contribution in [0.1, 0.15) is 27.2 Å². The van der Waals surface area contributed by atoms with E-state index in [1.165, 1.54) is 0 Å². The Balaban J connectivity index is 2.49. The first-order valence-electron chi connectivity index (χ1n) is 4.85. The lowest BCUT2D eigenvalue weighted by Crippen LogP contribution is -2.47. The normalized spacial score (nSPS) is 28.6. The highest BCUT2D eigenvalue weighted by atomic mass is 32.2. The molecule has 0 spiro atoms. The van der Waals surface area contributed by atoms with Crippen LogP contribution in [0.25, 0.3) is 0 Å². The zero-order chi connectivity index (χ0) is 11.9. The number of aliphatic hydroxyl groups excluding tert-OH is 1. The first-order chi connectivity index (χ1) is 6.68. The van der Waals surface area contributed by atoms with Crippen LogP contribution in [0.5, 0.6) is 0 Å². The molecule has 15 heavy (non-hydrogen) atoms. The van der Waals surface area contributed by atoms with Crippen LogP contribution in [0.3, 0.4) is 0 Å². The Morgan fingerprint density at radius 1 is 1.60 bits per heavy atom. The molecule has 0 aromatic heterocycles. The molecule has 6 heteroatoms. The molecule has 0 aliphatic heterocycles. The van der Waals surface area contributed by atoms with Crippen molar-refractivity contribution in [3.63, 3.8) is 0 Å². The second kappa shape index (κ2) is 4.16. The van der Waals surface area contributed by atoms with Gasteiger partial charge in [-0.05, 0) is 20.8 Å². The molecule has 90 valence electrons. The van der Waals surface area contributed by atoms with Crippen LogP contribution in [0.2, 0.25) is 0 Å². The van der Waals surface area contributed by atoms with Gasteiger partial charge in [-0.15, -0.1) is 4.72 Å². The van der Waals surface area contributed by atoms with Crippen molar-refractivity contribution in [3.05, 3.63) is 0 Å². The van der Waals surface area contributed by atoms with Crippen molar-refractivity contribution in [2.45, 2.75) is 43.9 Å². The Morgan fingerprint density at radius 2 is 2.07 bits per heavy atom. The Kier molecular flexibility index (Phi) is 3.65. The number of halogens is 2. The average molecular weight is 241 g/mol. The van der Waals surface area contributed by atoms with Gasteiger partial charge in [-0.3, -0.25) is 0 Å². The molecule has 1 aliphatic rings. The molecule has 0 radical (unpaired) electrons. The quantitative estimate of drug-likeness (QED) is 0.723. The molecule has 0 bridgehead atoms. The first-order valence-corrected chi connectivity index (χ1v) is 6.00. The predicted octanol–water partition coefficient (Wildman–Crippen LogP) is 1.05. The van der Waals surface area contributed by atoms with Crippen LogP contribution in [0.4, 0.5) is 8.78 Å². The average Bonchev–Trinajstić information content (AvgIpc) is 2.68. The molecule has 1 rings (SSSR count). The molecular weight excluding hydrogens is 224 g/mol. The van der Waals surface area contributed by atoms with Gasteiger partial charge in [0.25, 0.3) is 5.92 Å². The van der Waals surface area contributed by atoms with E-state index < -0.39 is 40.6 Å². The summed E-state index contributed by atoms with van der Waals surface area (Å²) in [5.41, 5.74) is 0. The second-order valence-electron chi connectivity index (χ2n) is 4.86. The molecular formula is C9H17F2NO2S. The van der Waals surface area contributed by atoms with E-state index >= 15 is 0 Å². The number of nitrogens with one attached hydrogen (secondary N) is 1. The van der Waals surface area contributed by atoms with Crippen molar-refractivity contribution in [3.8, 4) is 0 Å². The number of aliphatic hydroxyl groups is 1. The van der Waals surface area contributed by atoms with Gasteiger partial charge in [0.2, 0.25) is 0 Å². The van der Waals surface area contributed by atoms with Gasteiger partial charge in [-0.25, -0.2) is 8.78 Å². The standard InChI is InChI=1S/C9H17F2NO2S/c1-8(2,3)15(14)12-7(5-13)6-4-9(6,10)11/h6-7,12-13H,4-5H2,1-3H3/t6?,7?,15-/m1/s1. The van der Waals surface area contributed by atoms with Crippen LogP contribution in [0.15, 0.2) is 0 Å². The maximum atomic E-state index is 12.7. The summed E-state index contributed by atoms with van der Waals surface area (Å²) in [5.74, 6) is -3.59. The molecule has 0 saturated heterocycles. The maximum Gasteiger partial charge on any atom is 0.253 e. The van der Waals surface area contributed by atoms with Crippen molar-refractivity contribution in [1.82, 2.24) is 4.72 Å². The molecule has 3 nitrogen and oxygen atoms in total. The van der Waals surface area contributed by atoms with Crippen LogP contribution in [0, 0.1) is 5.92 Å². The Bertz CT molecular complexity index is 233. The lowest BCUT2D eigenvalue weighted by atomic mass is 10.2. The summed E-state index contributed by atoms with van der Waals surface area (Å²) in [6.45, 7) is 4.82. The van der Waals surface area contributed by atoms with Gasteiger partial charge >= 0.3 is 0 Å². The van der Waals surface area contributed by atoms with Gasteiger partial charge in [-0.1, -0.05) is 0 Å². The van der Waals surface area contributed by atoms with E-state index in [4.69, 9.17) is 5.11 Å². The van der Waals surface area contributed by atoms with E-state index in [1.807, 2.05) is 0 Å². The van der Waals surface area contributed by atoms with Crippen LogP contribution in [-0.4, -0.2) is 33.0 Å². The molecule has 1 fully saturated rings. The SMILES string of the molecule is CC(C)(C)[S@@+]([O-])NC(CO)C1CC1(F)F. The van der Waals surface area contributed by atoms with Crippen molar-refractivity contribution in [1.29, 1.82) is 0 Å². The maximum absolute atomic E-state index is 12.7. The van der Waals surface area contributed by atoms with E-state index in [-0.39, 0.29) is 6.42 Å². The molecule has 2 N–H and O–H groups in total. The highest BCUT2D eigenvalue weighted by molar-refractivity contribution is 7.90. The van der Waals surface area contributed by atoms with Gasteiger partial charge in [0.1, 0.15) is 4.75 Å². The molecule has 0 amide bonds. The summed E-state index contributed by atoms with van der Waals surface area (Å²) in [5, 5.41) is 8.95. The van der Waals surface area contributed by atoms with Gasteiger partial charge in [0, 0.05) is 17.8 Å². The summed E-state index contributed by atoms with van der Waals surface area (Å²) in [6, 6.07) is -0.778. The highest BCUT2D eigenvalue weighted by Gasteiger charge is 2.61. The van der Waals surface area contributed by atoms with E-state index in [1.54, 1.807) is 20.8 Å². The monoisotopic (exact) mass is 241 g/mol. The minimum absolute atomic E-state index is 0.230. The number of alkyl halides is 2. The van der Waals surface area contributed by atoms with Crippen molar-refractivity contribution < 1.29 is 18.4 Å². The van der Waals surface area contributed by atoms with Crippen LogP contribution < -0.4 is 4.72 Å². The summed E-state index contributed by atoms with van der Waals surface area (Å²) in [4.78, 5) is 0. The summed E-state index contributed by atoms with van der Waals surface area (Å²) in [7, 11) is 0. The minimum Gasteiger partial charge on any atom is -0.598 e. The van der Waals surface area contributed by atoms with Crippen LogP contribution >= 0.6 is 0 Å². The molecule has 1 saturated carbocycles. The van der Waals surface area contributed by atoms with Crippen molar-refractivity contribution in [2.24, 2.45) is 5.92 Å². The number of hydrogen-bond donors (Lipinski definition) is 2. The molecule has 0 heterocycles. The zero-order valence-electron chi connectivity index (χ0n) is 9.09. The topological polar surface area (TPSA) is 55.3 Å². The van der Waals surface area contributed by atoms with E-state index in [9.17, 15) is 13.3 Å². The molecule has 3 atom stereocenters. The van der Waals surface area contributed by atoms with Gasteiger partial charge in [0.05, 0.1) is 18.6 Å². The number of hydrogen-bond acceptors (Lipinski definition) is 3. The molecule has 0 aromatic rings. The van der Waals surface area contributed by atoms with E-state index in [2.05, 4.69) is 4.72 Å². The summed E-state index contributed by atoms with van der Waals surface area (Å²) >= 11 is -1.42. The lowest BCUT2D eigenvalue weighted by molar-refractivity contribution is 0.0835. The summed E-state index contributed by atoms with van der Waals surface area (Å²) < 4.78 is 39.1. The Morgan fingerprint density at radius 3 is 2.33 bits per heavy atom. The Hall–Kier alpha value is 0.0900. The second-order valence-corrected chi connectivity index (χ2v) is 6.86. The fraction of sp³-hybridized carbons (Fsp3) is 1.00. The lowest BCUT2D eigenvalue weighted by Gasteiger charge is -2.27. The van der Waals surface area contributed by atoms with Crippen LogP contribution in [-0.2, 0) is 11.4 Å². The summed E-state index contributed by atoms with van der Waals surface area (Å²) in [6.07, 6.45) is -0.230. The third kappa shape index (κ3) is 3.27. The third-order valence-corrected chi connectivity index (χ3v) is 4.00.